The van der Waals surface area contributed by atoms with Crippen molar-refractivity contribution in [1.82, 2.24) is 15.6 Å². The van der Waals surface area contributed by atoms with Gasteiger partial charge in [0.1, 0.15) is 10.8 Å². The van der Waals surface area contributed by atoms with E-state index in [1.54, 1.807) is 30.5 Å². The highest BCUT2D eigenvalue weighted by Gasteiger charge is 2.08. The lowest BCUT2D eigenvalue weighted by molar-refractivity contribution is 0.0972. The van der Waals surface area contributed by atoms with Crippen molar-refractivity contribution in [3.63, 3.8) is 0 Å². The summed E-state index contributed by atoms with van der Waals surface area (Å²) in [6.07, 6.45) is 0. The van der Waals surface area contributed by atoms with Crippen LogP contribution in [-0.2, 0) is 13.1 Å². The Balaban J connectivity index is 0.00000264. The molecule has 0 aliphatic heterocycles. The van der Waals surface area contributed by atoms with E-state index >= 15 is 0 Å². The van der Waals surface area contributed by atoms with Gasteiger partial charge in [-0.15, -0.1) is 35.3 Å². The summed E-state index contributed by atoms with van der Waals surface area (Å²) in [7, 11) is 1.69. The highest BCUT2D eigenvalue weighted by molar-refractivity contribution is 14.0. The van der Waals surface area contributed by atoms with Crippen LogP contribution in [0, 0.1) is 13.8 Å². The second kappa shape index (κ2) is 8.87. The molecule has 2 heterocycles. The molecule has 1 amide bonds. The van der Waals surface area contributed by atoms with E-state index in [1.165, 1.54) is 4.88 Å². The number of nitrogens with one attached hydrogen (secondary N) is 2. The average Bonchev–Trinajstić information content (AvgIpc) is 3.07. The first-order valence-corrected chi connectivity index (χ1v) is 7.57. The van der Waals surface area contributed by atoms with Crippen LogP contribution < -0.4 is 16.4 Å². The number of primary amides is 1. The van der Waals surface area contributed by atoms with Gasteiger partial charge in [-0.25, -0.2) is 4.98 Å². The van der Waals surface area contributed by atoms with Gasteiger partial charge in [-0.2, -0.15) is 0 Å². The third kappa shape index (κ3) is 5.50. The summed E-state index contributed by atoms with van der Waals surface area (Å²) >= 11 is 1.66. The second-order valence-electron chi connectivity index (χ2n) is 4.66. The molecular formula is C14H20IN5O2S. The summed E-state index contributed by atoms with van der Waals surface area (Å²) in [5.74, 6) is 0.803. The van der Waals surface area contributed by atoms with E-state index in [4.69, 9.17) is 10.2 Å². The topological polar surface area (TPSA) is 106 Å². The number of aromatic nitrogens is 1. The minimum atomic E-state index is -0.580. The molecule has 0 atom stereocenters. The number of thiazole rings is 1. The number of furan rings is 1. The first kappa shape index (κ1) is 19.4. The first-order valence-electron chi connectivity index (χ1n) is 6.75. The fraction of sp³-hybridized carbons (Fsp3) is 0.357. The highest BCUT2D eigenvalue weighted by atomic mass is 127. The number of amides is 1. The fourth-order valence-electron chi connectivity index (χ4n) is 1.77. The number of carbonyl (C=O) groups is 1. The highest BCUT2D eigenvalue weighted by Crippen LogP contribution is 2.15. The van der Waals surface area contributed by atoms with E-state index in [-0.39, 0.29) is 29.7 Å². The number of nitrogens with zero attached hydrogens (tertiary/aromatic N) is 2. The zero-order valence-electron chi connectivity index (χ0n) is 13.2. The Bertz CT molecular complexity index is 676. The molecule has 2 aromatic heterocycles. The number of aryl methyl sites for hydroxylation is 2. The van der Waals surface area contributed by atoms with E-state index in [0.29, 0.717) is 24.8 Å². The molecule has 2 rings (SSSR count). The van der Waals surface area contributed by atoms with Gasteiger partial charge < -0.3 is 20.8 Å². The van der Waals surface area contributed by atoms with Crippen molar-refractivity contribution in [2.45, 2.75) is 26.9 Å². The molecule has 126 valence electrons. The predicted molar refractivity (Wildman–Crippen MR) is 101 cm³/mol. The molecule has 0 saturated carbocycles. The van der Waals surface area contributed by atoms with Gasteiger partial charge in [0.15, 0.2) is 11.7 Å². The van der Waals surface area contributed by atoms with Crippen LogP contribution in [0.3, 0.4) is 0 Å². The van der Waals surface area contributed by atoms with Crippen molar-refractivity contribution in [3.05, 3.63) is 39.2 Å². The summed E-state index contributed by atoms with van der Waals surface area (Å²) in [6.45, 7) is 5.05. The molecule has 0 saturated heterocycles. The maximum atomic E-state index is 11.0. The van der Waals surface area contributed by atoms with Crippen molar-refractivity contribution in [1.29, 1.82) is 0 Å². The van der Waals surface area contributed by atoms with Crippen LogP contribution in [0.25, 0.3) is 0 Å². The summed E-state index contributed by atoms with van der Waals surface area (Å²) < 4.78 is 5.29. The second-order valence-corrected chi connectivity index (χ2v) is 5.95. The Morgan fingerprint density at radius 1 is 1.35 bits per heavy atom. The van der Waals surface area contributed by atoms with E-state index in [2.05, 4.69) is 27.5 Å². The number of hydrogen-bond donors (Lipinski definition) is 3. The van der Waals surface area contributed by atoms with E-state index in [0.717, 1.165) is 10.7 Å². The minimum Gasteiger partial charge on any atom is -0.454 e. The maximum absolute atomic E-state index is 11.0. The molecule has 0 fully saturated rings. The number of halogens is 1. The lowest BCUT2D eigenvalue weighted by Crippen LogP contribution is -2.36. The van der Waals surface area contributed by atoms with E-state index < -0.39 is 5.91 Å². The lowest BCUT2D eigenvalue weighted by Gasteiger charge is -2.09. The molecule has 0 aliphatic rings. The van der Waals surface area contributed by atoms with Crippen LogP contribution in [0.2, 0.25) is 0 Å². The number of guanidine groups is 1. The number of hydrogen-bond acceptors (Lipinski definition) is 5. The molecule has 9 heteroatoms. The Morgan fingerprint density at radius 2 is 2.04 bits per heavy atom. The Hall–Kier alpha value is -1.62. The largest absolute Gasteiger partial charge is 0.454 e. The van der Waals surface area contributed by atoms with Gasteiger partial charge in [0, 0.05) is 11.9 Å². The fourth-order valence-corrected chi connectivity index (χ4v) is 2.64. The van der Waals surface area contributed by atoms with Gasteiger partial charge in [0.25, 0.3) is 5.91 Å². The van der Waals surface area contributed by atoms with Crippen LogP contribution in [0.4, 0.5) is 0 Å². The van der Waals surface area contributed by atoms with Crippen LogP contribution in [0.15, 0.2) is 21.5 Å². The molecule has 4 N–H and O–H groups in total. The summed E-state index contributed by atoms with van der Waals surface area (Å²) in [6, 6.07) is 3.25. The predicted octanol–water partition coefficient (Wildman–Crippen LogP) is 1.94. The molecule has 0 aliphatic carbocycles. The van der Waals surface area contributed by atoms with Crippen molar-refractivity contribution in [2.24, 2.45) is 10.7 Å². The molecule has 0 spiro atoms. The van der Waals surface area contributed by atoms with Gasteiger partial charge in [-0.05, 0) is 26.0 Å². The van der Waals surface area contributed by atoms with E-state index in [1.807, 2.05) is 6.92 Å². The van der Waals surface area contributed by atoms with Crippen LogP contribution in [0.1, 0.15) is 31.9 Å². The minimum absolute atomic E-state index is 0. The maximum Gasteiger partial charge on any atom is 0.284 e. The van der Waals surface area contributed by atoms with Crippen LogP contribution in [0.5, 0.6) is 0 Å². The molecule has 0 unspecified atom stereocenters. The monoisotopic (exact) mass is 449 g/mol. The normalized spacial score (nSPS) is 11.0. The SMILES string of the molecule is CN=C(NCc1ccc(C(N)=O)o1)NCc1nc(C)c(C)s1.I. The summed E-state index contributed by atoms with van der Waals surface area (Å²) in [5.41, 5.74) is 6.20. The third-order valence-electron chi connectivity index (χ3n) is 3.04. The van der Waals surface area contributed by atoms with Crippen molar-refractivity contribution in [3.8, 4) is 0 Å². The van der Waals surface area contributed by atoms with Gasteiger partial charge in [-0.1, -0.05) is 0 Å². The van der Waals surface area contributed by atoms with Gasteiger partial charge in [-0.3, -0.25) is 9.79 Å². The first-order chi connectivity index (χ1) is 10.5. The Morgan fingerprint density at radius 3 is 2.57 bits per heavy atom. The van der Waals surface area contributed by atoms with Gasteiger partial charge in [0.2, 0.25) is 0 Å². The van der Waals surface area contributed by atoms with Crippen molar-refractivity contribution >= 4 is 47.2 Å². The average molecular weight is 449 g/mol. The van der Waals surface area contributed by atoms with E-state index in [9.17, 15) is 4.79 Å². The quantitative estimate of drug-likeness (QED) is 0.368. The molecular weight excluding hydrogens is 429 g/mol. The third-order valence-corrected chi connectivity index (χ3v) is 4.11. The van der Waals surface area contributed by atoms with Gasteiger partial charge >= 0.3 is 0 Å². The lowest BCUT2D eigenvalue weighted by atomic mass is 10.4. The Kier molecular flexibility index (Phi) is 7.49. The summed E-state index contributed by atoms with van der Waals surface area (Å²) in [4.78, 5) is 20.8. The standard InChI is InChI=1S/C14H19N5O2S.HI/c1-8-9(2)22-12(19-8)7-18-14(16-3)17-6-10-4-5-11(21-10)13(15)20;/h4-5H,6-7H2,1-3H3,(H2,15,20)(H2,16,17,18);1H. The van der Waals surface area contributed by atoms with Crippen molar-refractivity contribution < 1.29 is 9.21 Å². The molecule has 23 heavy (non-hydrogen) atoms. The zero-order chi connectivity index (χ0) is 16.1. The number of aliphatic imine (C=N–C) groups is 1. The summed E-state index contributed by atoms with van der Waals surface area (Å²) in [5, 5.41) is 7.29. The molecule has 0 bridgehead atoms. The molecule has 2 aromatic rings. The van der Waals surface area contributed by atoms with Gasteiger partial charge in [0.05, 0.1) is 18.8 Å². The zero-order valence-corrected chi connectivity index (χ0v) is 16.3. The van der Waals surface area contributed by atoms with Crippen LogP contribution >= 0.6 is 35.3 Å². The molecule has 7 nitrogen and oxygen atoms in total. The smallest absolute Gasteiger partial charge is 0.284 e. The Labute approximate surface area is 155 Å². The molecule has 0 radical (unpaired) electrons. The number of carbonyl (C=O) groups excluding carboxylic acids is 1. The number of rotatable bonds is 5. The van der Waals surface area contributed by atoms with Crippen molar-refractivity contribution in [2.75, 3.05) is 7.05 Å². The number of nitrogens with two attached hydrogens (primary N) is 1. The van der Waals surface area contributed by atoms with Crippen LogP contribution in [-0.4, -0.2) is 23.9 Å². The molecule has 0 aromatic carbocycles.